The predicted octanol–water partition coefficient (Wildman–Crippen LogP) is 3.37. The van der Waals surface area contributed by atoms with Crippen LogP contribution in [0.15, 0.2) is 32.8 Å². The van der Waals surface area contributed by atoms with E-state index in [2.05, 4.69) is 10.3 Å². The van der Waals surface area contributed by atoms with E-state index in [1.165, 1.54) is 29.2 Å². The van der Waals surface area contributed by atoms with Crippen LogP contribution in [0.3, 0.4) is 0 Å². The molecule has 0 aliphatic carbocycles. The first kappa shape index (κ1) is 20.6. The van der Waals surface area contributed by atoms with Crippen LogP contribution in [0.4, 0.5) is 5.69 Å². The molecule has 10 heteroatoms. The normalized spacial score (nSPS) is 16.8. The quantitative estimate of drug-likeness (QED) is 0.609. The zero-order valence-corrected chi connectivity index (χ0v) is 16.7. The summed E-state index contributed by atoms with van der Waals surface area (Å²) in [5, 5.41) is 16.6. The summed E-state index contributed by atoms with van der Waals surface area (Å²) in [6, 6.07) is 4.74. The second-order valence-electron chi connectivity index (χ2n) is 5.85. The number of thiazole rings is 1. The predicted molar refractivity (Wildman–Crippen MR) is 105 cm³/mol. The second kappa shape index (κ2) is 8.81. The molecule has 0 unspecified atom stereocenters. The summed E-state index contributed by atoms with van der Waals surface area (Å²) >= 11 is 2.70. The molecule has 1 saturated heterocycles. The van der Waals surface area contributed by atoms with E-state index in [9.17, 15) is 14.9 Å². The fourth-order valence-corrected chi connectivity index (χ4v) is 4.54. The third kappa shape index (κ3) is 4.53. The number of amides is 1. The highest BCUT2D eigenvalue weighted by atomic mass is 35.5. The third-order valence-corrected chi connectivity index (χ3v) is 6.08. The zero-order chi connectivity index (χ0) is 18.0. The van der Waals surface area contributed by atoms with Crippen LogP contribution in [0.25, 0.3) is 0 Å². The molecule has 26 heavy (non-hydrogen) atoms. The molecular formula is C16H19ClN4O3S2. The topological polar surface area (TPSA) is 88.4 Å². The highest BCUT2D eigenvalue weighted by Crippen LogP contribution is 2.37. The van der Waals surface area contributed by atoms with Gasteiger partial charge in [0, 0.05) is 48.4 Å². The SMILES string of the molecule is Cc1csc(Sc2ccc(C(=O)N3CCNC[C@H]3C)cc2[N+](=O)[O-])n1.Cl. The van der Waals surface area contributed by atoms with E-state index in [0.29, 0.717) is 17.0 Å². The number of carbonyl (C=O) groups is 1. The number of piperazine rings is 1. The minimum absolute atomic E-state index is 0. The molecule has 2 heterocycles. The maximum absolute atomic E-state index is 12.7. The number of aryl methyl sites for hydroxylation is 1. The van der Waals surface area contributed by atoms with Crippen molar-refractivity contribution >= 4 is 47.1 Å². The molecule has 0 bridgehead atoms. The van der Waals surface area contributed by atoms with Gasteiger partial charge in [0.25, 0.3) is 11.6 Å². The molecule has 1 N–H and O–H groups in total. The number of hydrogen-bond donors (Lipinski definition) is 1. The number of nitro groups is 1. The third-order valence-electron chi connectivity index (χ3n) is 3.96. The Morgan fingerprint density at radius 3 is 2.88 bits per heavy atom. The van der Waals surface area contributed by atoms with Crippen LogP contribution < -0.4 is 5.32 Å². The first-order valence-electron chi connectivity index (χ1n) is 7.86. The van der Waals surface area contributed by atoms with Gasteiger partial charge < -0.3 is 10.2 Å². The van der Waals surface area contributed by atoms with Crippen molar-refractivity contribution in [2.24, 2.45) is 0 Å². The number of rotatable bonds is 4. The number of aromatic nitrogens is 1. The van der Waals surface area contributed by atoms with Gasteiger partial charge in [0.15, 0.2) is 4.34 Å². The lowest BCUT2D eigenvalue weighted by atomic mass is 10.1. The van der Waals surface area contributed by atoms with Crippen LogP contribution in [0, 0.1) is 17.0 Å². The molecule has 1 atom stereocenters. The van der Waals surface area contributed by atoms with Crippen LogP contribution in [0.2, 0.25) is 0 Å². The van der Waals surface area contributed by atoms with Crippen molar-refractivity contribution in [2.45, 2.75) is 29.1 Å². The lowest BCUT2D eigenvalue weighted by Gasteiger charge is -2.34. The second-order valence-corrected chi connectivity index (χ2v) is 8.00. The summed E-state index contributed by atoms with van der Waals surface area (Å²) in [7, 11) is 0. The van der Waals surface area contributed by atoms with Crippen molar-refractivity contribution in [3.8, 4) is 0 Å². The van der Waals surface area contributed by atoms with E-state index in [-0.39, 0.29) is 30.0 Å². The van der Waals surface area contributed by atoms with E-state index < -0.39 is 4.92 Å². The van der Waals surface area contributed by atoms with Crippen molar-refractivity contribution in [3.05, 3.63) is 45.0 Å². The largest absolute Gasteiger partial charge is 0.333 e. The monoisotopic (exact) mass is 414 g/mol. The van der Waals surface area contributed by atoms with Gasteiger partial charge in [-0.3, -0.25) is 14.9 Å². The molecule has 0 radical (unpaired) electrons. The van der Waals surface area contributed by atoms with E-state index in [1.807, 2.05) is 19.2 Å². The molecule has 2 aromatic rings. The molecule has 1 aromatic carbocycles. The van der Waals surface area contributed by atoms with Crippen LogP contribution >= 0.6 is 35.5 Å². The van der Waals surface area contributed by atoms with Crippen LogP contribution in [0.5, 0.6) is 0 Å². The van der Waals surface area contributed by atoms with Gasteiger partial charge in [-0.2, -0.15) is 0 Å². The molecular weight excluding hydrogens is 396 g/mol. The zero-order valence-electron chi connectivity index (χ0n) is 14.3. The minimum Gasteiger partial charge on any atom is -0.333 e. The van der Waals surface area contributed by atoms with Crippen molar-refractivity contribution in [2.75, 3.05) is 19.6 Å². The molecule has 1 aliphatic heterocycles. The van der Waals surface area contributed by atoms with Crippen molar-refractivity contribution in [1.82, 2.24) is 15.2 Å². The van der Waals surface area contributed by atoms with Gasteiger partial charge in [0.2, 0.25) is 0 Å². The minimum atomic E-state index is -0.444. The van der Waals surface area contributed by atoms with E-state index in [4.69, 9.17) is 0 Å². The summed E-state index contributed by atoms with van der Waals surface area (Å²) in [6.07, 6.45) is 0. The van der Waals surface area contributed by atoms with Gasteiger partial charge in [-0.05, 0) is 26.0 Å². The Hall–Kier alpha value is -1.68. The Bertz CT molecular complexity index is 815. The first-order valence-corrected chi connectivity index (χ1v) is 9.55. The average Bonchev–Trinajstić information content (AvgIpc) is 3.00. The fourth-order valence-electron chi connectivity index (χ4n) is 2.66. The Kier molecular flexibility index (Phi) is 6.99. The number of carbonyl (C=O) groups excluding carboxylic acids is 1. The lowest BCUT2D eigenvalue weighted by molar-refractivity contribution is -0.387. The Morgan fingerprint density at radius 1 is 1.50 bits per heavy atom. The van der Waals surface area contributed by atoms with Crippen LogP contribution in [-0.4, -0.2) is 46.4 Å². The highest BCUT2D eigenvalue weighted by molar-refractivity contribution is 8.01. The standard InChI is InChI=1S/C16H18N4O3S2.ClH/c1-10-9-24-16(18-10)25-14-4-3-12(7-13(14)20(22)23)15(21)19-6-5-17-8-11(19)2;/h3-4,7,9,11,17H,5-6,8H2,1-2H3;1H/t11-;/m1./s1. The fraction of sp³-hybridized carbons (Fsp3) is 0.375. The molecule has 0 spiro atoms. The number of nitrogens with one attached hydrogen (secondary N) is 1. The summed E-state index contributed by atoms with van der Waals surface area (Å²) in [5.74, 6) is -0.168. The number of halogens is 1. The average molecular weight is 415 g/mol. The van der Waals surface area contributed by atoms with E-state index >= 15 is 0 Å². The van der Waals surface area contributed by atoms with Crippen LogP contribution in [-0.2, 0) is 0 Å². The van der Waals surface area contributed by atoms with E-state index in [1.54, 1.807) is 17.0 Å². The molecule has 0 saturated carbocycles. The molecule has 140 valence electrons. The van der Waals surface area contributed by atoms with Crippen molar-refractivity contribution < 1.29 is 9.72 Å². The number of hydrogen-bond acceptors (Lipinski definition) is 7. The first-order chi connectivity index (χ1) is 12.0. The molecule has 1 amide bonds. The molecule has 1 fully saturated rings. The Labute approximate surface area is 165 Å². The van der Waals surface area contributed by atoms with Crippen LogP contribution in [0.1, 0.15) is 23.0 Å². The van der Waals surface area contributed by atoms with Crippen molar-refractivity contribution in [3.63, 3.8) is 0 Å². The van der Waals surface area contributed by atoms with Gasteiger partial charge in [-0.25, -0.2) is 4.98 Å². The number of benzene rings is 1. The van der Waals surface area contributed by atoms with Gasteiger partial charge in [-0.15, -0.1) is 23.7 Å². The molecule has 1 aliphatic rings. The van der Waals surface area contributed by atoms with Gasteiger partial charge >= 0.3 is 0 Å². The number of nitro benzene ring substituents is 1. The summed E-state index contributed by atoms with van der Waals surface area (Å²) in [5.41, 5.74) is 1.17. The lowest BCUT2D eigenvalue weighted by Crippen LogP contribution is -2.52. The molecule has 7 nitrogen and oxygen atoms in total. The van der Waals surface area contributed by atoms with Crippen molar-refractivity contribution in [1.29, 1.82) is 0 Å². The molecule has 3 rings (SSSR count). The summed E-state index contributed by atoms with van der Waals surface area (Å²) < 4.78 is 0.746. The molecule has 1 aromatic heterocycles. The number of nitrogens with zero attached hydrogens (tertiary/aromatic N) is 3. The summed E-state index contributed by atoms with van der Waals surface area (Å²) in [4.78, 5) is 30.3. The smallest absolute Gasteiger partial charge is 0.284 e. The Balaban J connectivity index is 0.00000243. The maximum Gasteiger partial charge on any atom is 0.284 e. The maximum atomic E-state index is 12.7. The highest BCUT2D eigenvalue weighted by Gasteiger charge is 2.26. The van der Waals surface area contributed by atoms with Gasteiger partial charge in [0.1, 0.15) is 0 Å². The van der Waals surface area contributed by atoms with Gasteiger partial charge in [-0.1, -0.05) is 11.8 Å². The summed E-state index contributed by atoms with van der Waals surface area (Å²) in [6.45, 7) is 5.90. The van der Waals surface area contributed by atoms with Gasteiger partial charge in [0.05, 0.1) is 9.82 Å². The van der Waals surface area contributed by atoms with E-state index in [0.717, 1.165) is 23.1 Å². The Morgan fingerprint density at radius 2 is 2.27 bits per heavy atom.